The molecule has 104 valence electrons. The van der Waals surface area contributed by atoms with Crippen molar-refractivity contribution in [1.29, 1.82) is 0 Å². The predicted molar refractivity (Wildman–Crippen MR) is 76.2 cm³/mol. The minimum atomic E-state index is 0.0812. The zero-order valence-corrected chi connectivity index (χ0v) is 13.1. The molecule has 0 radical (unpaired) electrons. The van der Waals surface area contributed by atoms with Crippen LogP contribution in [0.25, 0.3) is 0 Å². The van der Waals surface area contributed by atoms with Gasteiger partial charge < -0.3 is 4.74 Å². The Labute approximate surface area is 117 Å². The van der Waals surface area contributed by atoms with Crippen LogP contribution in [0.4, 0.5) is 0 Å². The van der Waals surface area contributed by atoms with Crippen LogP contribution in [0.15, 0.2) is 4.47 Å². The van der Waals surface area contributed by atoms with E-state index in [1.54, 1.807) is 7.11 Å². The third-order valence-electron chi connectivity index (χ3n) is 3.23. The number of nitrogens with zero attached hydrogens (tertiary/aromatic N) is 2. The highest BCUT2D eigenvalue weighted by Gasteiger charge is 2.23. The molecule has 0 saturated carbocycles. The molecule has 5 nitrogen and oxygen atoms in total. The van der Waals surface area contributed by atoms with Crippen LogP contribution < -0.4 is 11.3 Å². The van der Waals surface area contributed by atoms with Crippen molar-refractivity contribution in [3.63, 3.8) is 0 Å². The predicted octanol–water partition coefficient (Wildman–Crippen LogP) is 1.77. The van der Waals surface area contributed by atoms with Crippen LogP contribution in [0.5, 0.6) is 0 Å². The molecule has 0 aliphatic carbocycles. The molecule has 0 spiro atoms. The van der Waals surface area contributed by atoms with E-state index in [0.717, 1.165) is 35.2 Å². The lowest BCUT2D eigenvalue weighted by Crippen LogP contribution is -2.46. The van der Waals surface area contributed by atoms with E-state index in [-0.39, 0.29) is 12.1 Å². The molecule has 1 rings (SSSR count). The fraction of sp³-hybridized carbons (Fsp3) is 0.750. The van der Waals surface area contributed by atoms with Crippen LogP contribution in [-0.4, -0.2) is 29.0 Å². The van der Waals surface area contributed by atoms with Gasteiger partial charge in [-0.2, -0.15) is 5.10 Å². The summed E-state index contributed by atoms with van der Waals surface area (Å²) in [5.41, 5.74) is 5.02. The Morgan fingerprint density at radius 2 is 2.17 bits per heavy atom. The van der Waals surface area contributed by atoms with Gasteiger partial charge in [-0.15, -0.1) is 0 Å². The monoisotopic (exact) mass is 318 g/mol. The molecule has 1 aromatic rings. The van der Waals surface area contributed by atoms with E-state index >= 15 is 0 Å². The van der Waals surface area contributed by atoms with Crippen LogP contribution in [0.3, 0.4) is 0 Å². The summed E-state index contributed by atoms with van der Waals surface area (Å²) < 4.78 is 8.53. The third-order valence-corrected chi connectivity index (χ3v) is 4.27. The number of hydrazine groups is 1. The molecule has 6 heteroatoms. The highest BCUT2D eigenvalue weighted by Crippen LogP contribution is 2.23. The summed E-state index contributed by atoms with van der Waals surface area (Å²) in [5, 5.41) is 4.49. The Morgan fingerprint density at radius 1 is 1.50 bits per heavy atom. The highest BCUT2D eigenvalue weighted by molar-refractivity contribution is 9.10. The van der Waals surface area contributed by atoms with Crippen LogP contribution in [0.2, 0.25) is 0 Å². The number of aryl methyl sites for hydroxylation is 2. The Hall–Kier alpha value is -0.430. The summed E-state index contributed by atoms with van der Waals surface area (Å²) in [6.07, 6.45) is 1.81. The number of nitrogens with one attached hydrogen (secondary N) is 1. The summed E-state index contributed by atoms with van der Waals surface area (Å²) in [5.74, 6) is 5.65. The minimum absolute atomic E-state index is 0.0812. The van der Waals surface area contributed by atoms with E-state index in [1.807, 2.05) is 11.6 Å². The van der Waals surface area contributed by atoms with E-state index in [0.29, 0.717) is 0 Å². The summed E-state index contributed by atoms with van der Waals surface area (Å²) in [6, 6.07) is 0.0812. The number of aromatic nitrogens is 2. The summed E-state index contributed by atoms with van der Waals surface area (Å²) >= 11 is 3.60. The largest absolute Gasteiger partial charge is 0.380 e. The van der Waals surface area contributed by atoms with Crippen molar-refractivity contribution < 1.29 is 4.74 Å². The zero-order valence-electron chi connectivity index (χ0n) is 11.5. The molecule has 1 aromatic heterocycles. The van der Waals surface area contributed by atoms with Gasteiger partial charge in [0.05, 0.1) is 28.0 Å². The Bertz CT molecular complexity index is 376. The fourth-order valence-electron chi connectivity index (χ4n) is 2.19. The fourth-order valence-corrected chi connectivity index (χ4v) is 2.63. The maximum Gasteiger partial charge on any atom is 0.0738 e. The number of methoxy groups -OCH3 is 1. The van der Waals surface area contributed by atoms with E-state index < -0.39 is 0 Å². The molecule has 2 unspecified atom stereocenters. The number of nitrogens with two attached hydrogens (primary N) is 1. The van der Waals surface area contributed by atoms with Gasteiger partial charge in [0.2, 0.25) is 0 Å². The van der Waals surface area contributed by atoms with E-state index in [2.05, 4.69) is 40.3 Å². The van der Waals surface area contributed by atoms with Gasteiger partial charge in [-0.05, 0) is 36.2 Å². The second-order valence-corrected chi connectivity index (χ2v) is 5.11. The van der Waals surface area contributed by atoms with Crippen molar-refractivity contribution in [2.45, 2.75) is 52.3 Å². The first-order valence-corrected chi connectivity index (χ1v) is 7.08. The minimum Gasteiger partial charge on any atom is -0.380 e. The van der Waals surface area contributed by atoms with Gasteiger partial charge in [0.15, 0.2) is 0 Å². The lowest BCUT2D eigenvalue weighted by molar-refractivity contribution is 0.0647. The summed E-state index contributed by atoms with van der Waals surface area (Å²) in [7, 11) is 1.72. The van der Waals surface area contributed by atoms with Crippen molar-refractivity contribution in [2.75, 3.05) is 7.11 Å². The average molecular weight is 319 g/mol. The number of halogens is 1. The molecule has 2 atom stereocenters. The molecule has 0 aliphatic rings. The molecule has 0 fully saturated rings. The van der Waals surface area contributed by atoms with Crippen molar-refractivity contribution in [3.8, 4) is 0 Å². The van der Waals surface area contributed by atoms with Crippen molar-refractivity contribution in [3.05, 3.63) is 15.9 Å². The van der Waals surface area contributed by atoms with Crippen molar-refractivity contribution >= 4 is 15.9 Å². The Balaban J connectivity index is 2.93. The molecule has 0 amide bonds. The van der Waals surface area contributed by atoms with Crippen LogP contribution >= 0.6 is 15.9 Å². The number of ether oxygens (including phenoxy) is 1. The molecule has 0 bridgehead atoms. The van der Waals surface area contributed by atoms with E-state index in [4.69, 9.17) is 10.6 Å². The molecular weight excluding hydrogens is 296 g/mol. The van der Waals surface area contributed by atoms with Crippen molar-refractivity contribution in [2.24, 2.45) is 5.84 Å². The van der Waals surface area contributed by atoms with Gasteiger partial charge in [0, 0.05) is 20.1 Å². The third kappa shape index (κ3) is 3.32. The molecule has 3 N–H and O–H groups in total. The Kier molecular flexibility index (Phi) is 6.28. The highest BCUT2D eigenvalue weighted by atomic mass is 79.9. The van der Waals surface area contributed by atoms with E-state index in [1.165, 1.54) is 0 Å². The van der Waals surface area contributed by atoms with Crippen molar-refractivity contribution in [1.82, 2.24) is 15.2 Å². The van der Waals surface area contributed by atoms with Crippen LogP contribution in [-0.2, 0) is 17.7 Å². The van der Waals surface area contributed by atoms with Gasteiger partial charge in [-0.1, -0.05) is 6.92 Å². The van der Waals surface area contributed by atoms with Gasteiger partial charge in [-0.3, -0.25) is 16.0 Å². The quantitative estimate of drug-likeness (QED) is 0.594. The maximum atomic E-state index is 5.65. The van der Waals surface area contributed by atoms with Gasteiger partial charge in [0.25, 0.3) is 0 Å². The van der Waals surface area contributed by atoms with Gasteiger partial charge in [0.1, 0.15) is 0 Å². The molecule has 18 heavy (non-hydrogen) atoms. The van der Waals surface area contributed by atoms with Gasteiger partial charge >= 0.3 is 0 Å². The number of hydrogen-bond donors (Lipinski definition) is 2. The van der Waals surface area contributed by atoms with Gasteiger partial charge in [-0.25, -0.2) is 0 Å². The smallest absolute Gasteiger partial charge is 0.0738 e. The first kappa shape index (κ1) is 15.6. The first-order valence-electron chi connectivity index (χ1n) is 6.29. The first-order chi connectivity index (χ1) is 8.58. The van der Waals surface area contributed by atoms with E-state index in [9.17, 15) is 0 Å². The summed E-state index contributed by atoms with van der Waals surface area (Å²) in [6.45, 7) is 7.03. The SMILES string of the molecule is CCC(OC)C(Cc1c(Br)c(C)nn1CC)NN. The lowest BCUT2D eigenvalue weighted by Gasteiger charge is -2.24. The second-order valence-electron chi connectivity index (χ2n) is 4.32. The standard InChI is InChI=1S/C12H23BrN4O/c1-5-11(18-4)9(15-14)7-10-12(13)8(3)16-17(10)6-2/h9,11,15H,5-7,14H2,1-4H3. The molecule has 0 aromatic carbocycles. The average Bonchev–Trinajstić information content (AvgIpc) is 2.66. The number of hydrogen-bond acceptors (Lipinski definition) is 4. The summed E-state index contributed by atoms with van der Waals surface area (Å²) in [4.78, 5) is 0. The topological polar surface area (TPSA) is 65.1 Å². The normalized spacial score (nSPS) is 14.8. The molecular formula is C12H23BrN4O. The lowest BCUT2D eigenvalue weighted by atomic mass is 10.0. The molecule has 0 aliphatic heterocycles. The van der Waals surface area contributed by atoms with Crippen LogP contribution in [0, 0.1) is 6.92 Å². The molecule has 0 saturated heterocycles. The number of rotatable bonds is 7. The van der Waals surface area contributed by atoms with Crippen LogP contribution in [0.1, 0.15) is 31.7 Å². The maximum absolute atomic E-state index is 5.65. The second kappa shape index (κ2) is 7.23. The zero-order chi connectivity index (χ0) is 13.7. The Morgan fingerprint density at radius 3 is 2.61 bits per heavy atom. The molecule has 1 heterocycles.